The number of carbonyl (C=O) groups is 2. The molecular weight excluding hydrogens is 368 g/mol. The minimum Gasteiger partial charge on any atom is -0.497 e. The zero-order valence-electron chi connectivity index (χ0n) is 15.4. The lowest BCUT2D eigenvalue weighted by Gasteiger charge is -2.20. The number of anilines is 2. The largest absolute Gasteiger partial charge is 0.497 e. The Hall–Kier alpha value is -2.73. The number of methoxy groups -OCH3 is 2. The molecule has 2 aromatic rings. The fourth-order valence-corrected chi connectivity index (χ4v) is 3.32. The van der Waals surface area contributed by atoms with Crippen molar-refractivity contribution in [2.45, 2.75) is 13.3 Å². The van der Waals surface area contributed by atoms with E-state index in [1.807, 2.05) is 13.0 Å². The summed E-state index contributed by atoms with van der Waals surface area (Å²) in [4.78, 5) is 26.9. The molecule has 0 bridgehead atoms. The maximum atomic E-state index is 12.7. The second-order valence-electron chi connectivity index (χ2n) is 6.34. The van der Waals surface area contributed by atoms with Crippen LogP contribution in [-0.4, -0.2) is 32.6 Å². The van der Waals surface area contributed by atoms with E-state index in [1.165, 1.54) is 7.11 Å². The van der Waals surface area contributed by atoms with Crippen molar-refractivity contribution in [3.63, 3.8) is 0 Å². The molecule has 3 rings (SSSR count). The average Bonchev–Trinajstić information content (AvgIpc) is 3.05. The predicted molar refractivity (Wildman–Crippen MR) is 105 cm³/mol. The van der Waals surface area contributed by atoms with Gasteiger partial charge in [0.15, 0.2) is 0 Å². The van der Waals surface area contributed by atoms with Gasteiger partial charge in [-0.3, -0.25) is 9.59 Å². The Morgan fingerprint density at radius 2 is 2.00 bits per heavy atom. The molecule has 0 unspecified atom stereocenters. The van der Waals surface area contributed by atoms with Crippen LogP contribution in [0.15, 0.2) is 36.4 Å². The highest BCUT2D eigenvalue weighted by Gasteiger charge is 2.36. The Bertz CT molecular complexity index is 884. The lowest BCUT2D eigenvalue weighted by molar-refractivity contribution is -0.122. The Balaban J connectivity index is 1.78. The van der Waals surface area contributed by atoms with Crippen LogP contribution in [0.2, 0.25) is 5.02 Å². The highest BCUT2D eigenvalue weighted by atomic mass is 35.5. The molecule has 1 saturated heterocycles. The van der Waals surface area contributed by atoms with E-state index in [9.17, 15) is 9.59 Å². The van der Waals surface area contributed by atoms with Crippen molar-refractivity contribution in [3.8, 4) is 11.5 Å². The van der Waals surface area contributed by atoms with Gasteiger partial charge in [0, 0.05) is 29.7 Å². The van der Waals surface area contributed by atoms with Crippen LogP contribution in [0.4, 0.5) is 11.4 Å². The third kappa shape index (κ3) is 3.85. The second-order valence-corrected chi connectivity index (χ2v) is 6.75. The summed E-state index contributed by atoms with van der Waals surface area (Å²) >= 11 is 6.17. The van der Waals surface area contributed by atoms with Gasteiger partial charge in [0.2, 0.25) is 11.8 Å². The highest BCUT2D eigenvalue weighted by molar-refractivity contribution is 6.31. The zero-order chi connectivity index (χ0) is 19.6. The molecule has 1 N–H and O–H groups in total. The lowest BCUT2D eigenvalue weighted by atomic mass is 10.1. The molecule has 0 aliphatic carbocycles. The number of benzene rings is 2. The summed E-state index contributed by atoms with van der Waals surface area (Å²) in [7, 11) is 3.08. The SMILES string of the molecule is COc1ccc(OC)c(NC(=O)[C@@H]2CC(=O)N(c3cccc(Cl)c3C)C2)c1. The summed E-state index contributed by atoms with van der Waals surface area (Å²) in [5.74, 6) is 0.322. The third-order valence-electron chi connectivity index (χ3n) is 4.69. The Morgan fingerprint density at radius 1 is 1.22 bits per heavy atom. The number of halogens is 1. The molecule has 1 atom stereocenters. The molecule has 2 amide bonds. The first-order chi connectivity index (χ1) is 12.9. The van der Waals surface area contributed by atoms with Gasteiger partial charge in [-0.2, -0.15) is 0 Å². The van der Waals surface area contributed by atoms with Gasteiger partial charge in [0.1, 0.15) is 11.5 Å². The summed E-state index contributed by atoms with van der Waals surface area (Å²) in [5, 5.41) is 3.44. The minimum atomic E-state index is -0.466. The maximum Gasteiger partial charge on any atom is 0.229 e. The van der Waals surface area contributed by atoms with Crippen molar-refractivity contribution in [1.82, 2.24) is 0 Å². The van der Waals surface area contributed by atoms with E-state index < -0.39 is 5.92 Å². The highest BCUT2D eigenvalue weighted by Crippen LogP contribution is 2.33. The molecule has 7 heteroatoms. The summed E-state index contributed by atoms with van der Waals surface area (Å²) in [6.45, 7) is 2.16. The molecule has 1 heterocycles. The molecule has 2 aromatic carbocycles. The lowest BCUT2D eigenvalue weighted by Crippen LogP contribution is -2.28. The molecule has 142 valence electrons. The quantitative estimate of drug-likeness (QED) is 0.848. The topological polar surface area (TPSA) is 67.9 Å². The van der Waals surface area contributed by atoms with Gasteiger partial charge >= 0.3 is 0 Å². The molecule has 0 saturated carbocycles. The number of hydrogen-bond donors (Lipinski definition) is 1. The van der Waals surface area contributed by atoms with Gasteiger partial charge < -0.3 is 19.7 Å². The van der Waals surface area contributed by atoms with Crippen molar-refractivity contribution in [2.24, 2.45) is 5.92 Å². The van der Waals surface area contributed by atoms with Crippen LogP contribution in [0.5, 0.6) is 11.5 Å². The Kier molecular flexibility index (Phi) is 5.56. The molecule has 0 spiro atoms. The number of ether oxygens (including phenoxy) is 2. The van der Waals surface area contributed by atoms with Crippen LogP contribution in [0.3, 0.4) is 0 Å². The first-order valence-corrected chi connectivity index (χ1v) is 8.90. The smallest absolute Gasteiger partial charge is 0.229 e. The van der Waals surface area contributed by atoms with E-state index in [-0.39, 0.29) is 18.2 Å². The van der Waals surface area contributed by atoms with Crippen LogP contribution in [-0.2, 0) is 9.59 Å². The average molecular weight is 389 g/mol. The number of nitrogens with zero attached hydrogens (tertiary/aromatic N) is 1. The first-order valence-electron chi connectivity index (χ1n) is 8.53. The van der Waals surface area contributed by atoms with Gasteiger partial charge in [-0.1, -0.05) is 17.7 Å². The van der Waals surface area contributed by atoms with E-state index in [0.717, 1.165) is 11.3 Å². The molecule has 0 aromatic heterocycles. The first kappa shape index (κ1) is 19.0. The summed E-state index contributed by atoms with van der Waals surface area (Å²) < 4.78 is 10.5. The molecular formula is C20H21ClN2O4. The van der Waals surface area contributed by atoms with Gasteiger partial charge in [-0.15, -0.1) is 0 Å². The fourth-order valence-electron chi connectivity index (χ4n) is 3.15. The van der Waals surface area contributed by atoms with E-state index in [0.29, 0.717) is 28.8 Å². The van der Waals surface area contributed by atoms with Crippen LogP contribution in [0.25, 0.3) is 0 Å². The van der Waals surface area contributed by atoms with Crippen LogP contribution in [0, 0.1) is 12.8 Å². The Morgan fingerprint density at radius 3 is 2.70 bits per heavy atom. The summed E-state index contributed by atoms with van der Waals surface area (Å²) in [6, 6.07) is 10.6. The van der Waals surface area contributed by atoms with Crippen LogP contribution in [0.1, 0.15) is 12.0 Å². The minimum absolute atomic E-state index is 0.0990. The monoisotopic (exact) mass is 388 g/mol. The van der Waals surface area contributed by atoms with E-state index in [2.05, 4.69) is 5.32 Å². The predicted octanol–water partition coefficient (Wildman–Crippen LogP) is 3.66. The van der Waals surface area contributed by atoms with Crippen molar-refractivity contribution in [3.05, 3.63) is 47.0 Å². The number of hydrogen-bond acceptors (Lipinski definition) is 4. The van der Waals surface area contributed by atoms with Gasteiger partial charge in [-0.25, -0.2) is 0 Å². The van der Waals surface area contributed by atoms with Gasteiger partial charge in [0.25, 0.3) is 0 Å². The molecule has 27 heavy (non-hydrogen) atoms. The number of nitrogens with one attached hydrogen (secondary N) is 1. The number of amides is 2. The molecule has 0 radical (unpaired) electrons. The molecule has 1 aliphatic heterocycles. The molecule has 6 nitrogen and oxygen atoms in total. The standard InChI is InChI=1S/C20H21ClN2O4/c1-12-15(21)5-4-6-17(12)23-11-13(9-19(23)24)20(25)22-16-10-14(26-2)7-8-18(16)27-3/h4-8,10,13H,9,11H2,1-3H3,(H,22,25)/t13-/m1/s1. The van der Waals surface area contributed by atoms with E-state index >= 15 is 0 Å². The molecule has 1 fully saturated rings. The van der Waals surface area contributed by atoms with Gasteiger partial charge in [0.05, 0.1) is 25.8 Å². The number of carbonyl (C=O) groups excluding carboxylic acids is 2. The second kappa shape index (κ2) is 7.88. The Labute approximate surface area is 163 Å². The normalized spacial score (nSPS) is 16.4. The zero-order valence-corrected chi connectivity index (χ0v) is 16.2. The van der Waals surface area contributed by atoms with Gasteiger partial charge in [-0.05, 0) is 36.8 Å². The number of rotatable bonds is 5. The maximum absolute atomic E-state index is 12.7. The third-order valence-corrected chi connectivity index (χ3v) is 5.10. The fraction of sp³-hybridized carbons (Fsp3) is 0.300. The van der Waals surface area contributed by atoms with E-state index in [4.69, 9.17) is 21.1 Å². The van der Waals surface area contributed by atoms with E-state index in [1.54, 1.807) is 42.3 Å². The van der Waals surface area contributed by atoms with Crippen molar-refractivity contribution < 1.29 is 19.1 Å². The summed E-state index contributed by atoms with van der Waals surface area (Å²) in [5.41, 5.74) is 2.07. The van der Waals surface area contributed by atoms with Crippen LogP contribution < -0.4 is 19.7 Å². The summed E-state index contributed by atoms with van der Waals surface area (Å²) in [6.07, 6.45) is 0.143. The molecule has 1 aliphatic rings. The van der Waals surface area contributed by atoms with Crippen molar-refractivity contribution in [1.29, 1.82) is 0 Å². The van der Waals surface area contributed by atoms with Crippen LogP contribution >= 0.6 is 11.6 Å². The van der Waals surface area contributed by atoms with Crippen molar-refractivity contribution in [2.75, 3.05) is 31.0 Å². The van der Waals surface area contributed by atoms with Crippen molar-refractivity contribution >= 4 is 34.8 Å².